The molecule has 1 fully saturated rings. The Labute approximate surface area is 214 Å². The molecular weight excluding hydrogens is 472 g/mol. The molecule has 0 atom stereocenters. The molecule has 0 aliphatic carbocycles. The molecule has 4 aromatic rings. The first kappa shape index (κ1) is 24.0. The number of esters is 1. The van der Waals surface area contributed by atoms with Gasteiger partial charge in [0.05, 0.1) is 12.8 Å². The van der Waals surface area contributed by atoms with Gasteiger partial charge in [0.1, 0.15) is 17.0 Å². The second-order valence-electron chi connectivity index (χ2n) is 8.40. The van der Waals surface area contributed by atoms with E-state index in [4.69, 9.17) is 9.47 Å². The first-order valence-corrected chi connectivity index (χ1v) is 11.9. The fourth-order valence-electron chi connectivity index (χ4n) is 4.13. The van der Waals surface area contributed by atoms with Crippen LogP contribution in [0.25, 0.3) is 16.9 Å². The molecule has 1 amide bonds. The number of para-hydroxylation sites is 1. The third-order valence-electron chi connectivity index (χ3n) is 6.09. The van der Waals surface area contributed by atoms with Gasteiger partial charge < -0.3 is 19.3 Å². The summed E-state index contributed by atoms with van der Waals surface area (Å²) in [5.74, 6) is 0.410. The smallest absolute Gasteiger partial charge is 0.342 e. The molecule has 1 aliphatic heterocycles. The summed E-state index contributed by atoms with van der Waals surface area (Å²) < 4.78 is 12.4. The molecule has 10 heteroatoms. The van der Waals surface area contributed by atoms with E-state index >= 15 is 0 Å². The zero-order chi connectivity index (χ0) is 25.6. The molecule has 2 aromatic heterocycles. The summed E-state index contributed by atoms with van der Waals surface area (Å²) in [5.41, 5.74) is 2.20. The van der Waals surface area contributed by atoms with E-state index in [0.29, 0.717) is 49.1 Å². The maximum Gasteiger partial charge on any atom is 0.342 e. The maximum absolute atomic E-state index is 13.2. The lowest BCUT2D eigenvalue weighted by molar-refractivity contribution is -0.134. The summed E-state index contributed by atoms with van der Waals surface area (Å²) in [7, 11) is 1.58. The van der Waals surface area contributed by atoms with E-state index in [1.807, 2.05) is 53.4 Å². The van der Waals surface area contributed by atoms with Crippen LogP contribution in [0.5, 0.6) is 5.75 Å². The monoisotopic (exact) mass is 498 g/mol. The first-order chi connectivity index (χ1) is 18.1. The van der Waals surface area contributed by atoms with Gasteiger partial charge in [0.15, 0.2) is 6.61 Å². The van der Waals surface area contributed by atoms with Crippen LogP contribution in [0.2, 0.25) is 0 Å². The zero-order valence-corrected chi connectivity index (χ0v) is 20.4. The maximum atomic E-state index is 13.2. The van der Waals surface area contributed by atoms with E-state index in [1.165, 1.54) is 0 Å². The Morgan fingerprint density at radius 3 is 2.41 bits per heavy atom. The van der Waals surface area contributed by atoms with Gasteiger partial charge in [-0.2, -0.15) is 5.10 Å². The van der Waals surface area contributed by atoms with Crippen molar-refractivity contribution in [3.05, 3.63) is 84.8 Å². The van der Waals surface area contributed by atoms with Gasteiger partial charge in [-0.15, -0.1) is 0 Å². The van der Waals surface area contributed by atoms with Crippen LogP contribution in [-0.2, 0) is 9.53 Å². The molecule has 2 aromatic carbocycles. The van der Waals surface area contributed by atoms with Crippen LogP contribution < -0.4 is 9.64 Å². The Bertz CT molecular complexity index is 1370. The number of piperazine rings is 1. The molecule has 3 heterocycles. The fraction of sp³-hybridized carbons (Fsp3) is 0.222. The molecule has 10 nitrogen and oxygen atoms in total. The van der Waals surface area contributed by atoms with Crippen LogP contribution in [0.4, 0.5) is 5.95 Å². The minimum absolute atomic E-state index is 0.250. The highest BCUT2D eigenvalue weighted by Crippen LogP contribution is 2.27. The number of benzene rings is 2. The lowest BCUT2D eigenvalue weighted by Crippen LogP contribution is -2.50. The SMILES string of the molecule is COc1cccc(-c2nn(-c3ccccc3)cc2C(=O)OCC(=O)N2CCN(c3ncccn3)CC2)c1. The largest absolute Gasteiger partial charge is 0.497 e. The second-order valence-corrected chi connectivity index (χ2v) is 8.40. The number of nitrogens with zero attached hydrogens (tertiary/aromatic N) is 6. The standard InChI is InChI=1S/C27H26N6O4/c1-36-22-10-5-7-20(17-22)25-23(18-33(30-25)21-8-3-2-4-9-21)26(35)37-19-24(34)31-13-15-32(16-14-31)27-28-11-6-12-29-27/h2-12,17-18H,13-16,19H2,1H3. The van der Waals surface area contributed by atoms with E-state index in [9.17, 15) is 9.59 Å². The molecule has 0 saturated carbocycles. The first-order valence-electron chi connectivity index (χ1n) is 11.9. The van der Waals surface area contributed by atoms with Gasteiger partial charge in [0, 0.05) is 50.3 Å². The number of carbonyl (C=O) groups is 2. The number of aromatic nitrogens is 4. The number of methoxy groups -OCH3 is 1. The summed E-state index contributed by atoms with van der Waals surface area (Å²) in [6, 6.07) is 18.5. The van der Waals surface area contributed by atoms with Gasteiger partial charge in [0.2, 0.25) is 5.95 Å². The van der Waals surface area contributed by atoms with E-state index in [2.05, 4.69) is 15.1 Å². The van der Waals surface area contributed by atoms with Gasteiger partial charge in [0.25, 0.3) is 5.91 Å². The quantitative estimate of drug-likeness (QED) is 0.359. The Morgan fingerprint density at radius 1 is 0.919 bits per heavy atom. The third-order valence-corrected chi connectivity index (χ3v) is 6.09. The van der Waals surface area contributed by atoms with Crippen LogP contribution in [-0.4, -0.2) is 76.4 Å². The summed E-state index contributed by atoms with van der Waals surface area (Å²) in [4.78, 5) is 38.2. The van der Waals surface area contributed by atoms with Gasteiger partial charge in [-0.1, -0.05) is 30.3 Å². The molecule has 37 heavy (non-hydrogen) atoms. The van der Waals surface area contributed by atoms with Crippen LogP contribution in [0, 0.1) is 0 Å². The lowest BCUT2D eigenvalue weighted by Gasteiger charge is -2.34. The van der Waals surface area contributed by atoms with Gasteiger partial charge in [-0.25, -0.2) is 19.4 Å². The molecule has 0 spiro atoms. The van der Waals surface area contributed by atoms with Gasteiger partial charge in [-0.05, 0) is 30.3 Å². The molecule has 0 radical (unpaired) electrons. The topological polar surface area (TPSA) is 103 Å². The Morgan fingerprint density at radius 2 is 1.68 bits per heavy atom. The molecule has 0 N–H and O–H groups in total. The number of ether oxygens (including phenoxy) is 2. The van der Waals surface area contributed by atoms with Crippen molar-refractivity contribution < 1.29 is 19.1 Å². The number of carbonyl (C=O) groups excluding carboxylic acids is 2. The van der Waals surface area contributed by atoms with Crippen LogP contribution in [0.3, 0.4) is 0 Å². The van der Waals surface area contributed by atoms with Gasteiger partial charge >= 0.3 is 5.97 Å². The Hall–Kier alpha value is -4.73. The van der Waals surface area contributed by atoms with Crippen LogP contribution >= 0.6 is 0 Å². The van der Waals surface area contributed by atoms with Crippen molar-refractivity contribution in [3.8, 4) is 22.7 Å². The highest BCUT2D eigenvalue weighted by molar-refractivity contribution is 5.97. The fourth-order valence-corrected chi connectivity index (χ4v) is 4.13. The average molecular weight is 499 g/mol. The number of anilines is 1. The van der Waals surface area contributed by atoms with Crippen molar-refractivity contribution in [2.45, 2.75) is 0 Å². The van der Waals surface area contributed by atoms with Crippen molar-refractivity contribution >= 4 is 17.8 Å². The molecule has 5 rings (SSSR count). The number of hydrogen-bond donors (Lipinski definition) is 0. The van der Waals surface area contributed by atoms with E-state index in [1.54, 1.807) is 47.4 Å². The van der Waals surface area contributed by atoms with Crippen molar-refractivity contribution in [3.63, 3.8) is 0 Å². The number of amides is 1. The highest BCUT2D eigenvalue weighted by Gasteiger charge is 2.25. The summed E-state index contributed by atoms with van der Waals surface area (Å²) in [5, 5.41) is 4.65. The highest BCUT2D eigenvalue weighted by atomic mass is 16.5. The van der Waals surface area contributed by atoms with E-state index in [-0.39, 0.29) is 18.1 Å². The molecule has 1 aliphatic rings. The lowest BCUT2D eigenvalue weighted by atomic mass is 10.1. The Balaban J connectivity index is 1.29. The van der Waals surface area contributed by atoms with E-state index in [0.717, 1.165) is 5.69 Å². The van der Waals surface area contributed by atoms with Crippen LogP contribution in [0.1, 0.15) is 10.4 Å². The van der Waals surface area contributed by atoms with Crippen molar-refractivity contribution in [2.75, 3.05) is 44.8 Å². The minimum atomic E-state index is -0.621. The molecule has 0 unspecified atom stereocenters. The zero-order valence-electron chi connectivity index (χ0n) is 20.4. The molecule has 0 bridgehead atoms. The number of rotatable bonds is 7. The normalized spacial score (nSPS) is 13.3. The summed E-state index contributed by atoms with van der Waals surface area (Å²) in [6.07, 6.45) is 5.01. The third kappa shape index (κ3) is 5.43. The molecular formula is C27H26N6O4. The minimum Gasteiger partial charge on any atom is -0.497 e. The van der Waals surface area contributed by atoms with Crippen molar-refractivity contribution in [2.24, 2.45) is 0 Å². The van der Waals surface area contributed by atoms with Crippen molar-refractivity contribution in [1.29, 1.82) is 0 Å². The summed E-state index contributed by atoms with van der Waals surface area (Å²) in [6.45, 7) is 1.85. The van der Waals surface area contributed by atoms with Crippen molar-refractivity contribution in [1.82, 2.24) is 24.6 Å². The predicted molar refractivity (Wildman–Crippen MR) is 137 cm³/mol. The summed E-state index contributed by atoms with van der Waals surface area (Å²) >= 11 is 0. The number of hydrogen-bond acceptors (Lipinski definition) is 8. The molecule has 188 valence electrons. The van der Waals surface area contributed by atoms with E-state index < -0.39 is 5.97 Å². The molecule has 1 saturated heterocycles. The Kier molecular flexibility index (Phi) is 7.07. The average Bonchev–Trinajstić information content (AvgIpc) is 3.43. The second kappa shape index (κ2) is 10.9. The predicted octanol–water partition coefficient (Wildman–Crippen LogP) is 2.84. The van der Waals surface area contributed by atoms with Gasteiger partial charge in [-0.3, -0.25) is 4.79 Å². The van der Waals surface area contributed by atoms with Crippen LogP contribution in [0.15, 0.2) is 79.3 Å².